The third kappa shape index (κ3) is 2.08. The van der Waals surface area contributed by atoms with Crippen molar-refractivity contribution < 1.29 is 4.79 Å². The third-order valence-electron chi connectivity index (χ3n) is 3.47. The SMILES string of the molecule is Cc1cc(C(=O)N2CC(C)(N)C2)c2ccccc2n1. The van der Waals surface area contributed by atoms with E-state index in [2.05, 4.69) is 4.98 Å². The van der Waals surface area contributed by atoms with Gasteiger partial charge in [0.2, 0.25) is 0 Å². The zero-order valence-electron chi connectivity index (χ0n) is 11.2. The van der Waals surface area contributed by atoms with Gasteiger partial charge in [0.05, 0.1) is 11.1 Å². The van der Waals surface area contributed by atoms with Crippen molar-refractivity contribution >= 4 is 16.8 Å². The van der Waals surface area contributed by atoms with Gasteiger partial charge in [-0.05, 0) is 26.0 Å². The summed E-state index contributed by atoms with van der Waals surface area (Å²) in [6.45, 7) is 5.10. The van der Waals surface area contributed by atoms with Crippen LogP contribution < -0.4 is 5.73 Å². The molecule has 1 aromatic heterocycles. The summed E-state index contributed by atoms with van der Waals surface area (Å²) in [6, 6.07) is 9.60. The van der Waals surface area contributed by atoms with E-state index in [1.54, 1.807) is 4.90 Å². The molecule has 4 nitrogen and oxygen atoms in total. The fourth-order valence-electron chi connectivity index (χ4n) is 2.62. The first kappa shape index (κ1) is 12.1. The molecule has 98 valence electrons. The van der Waals surface area contributed by atoms with Crippen molar-refractivity contribution in [3.63, 3.8) is 0 Å². The van der Waals surface area contributed by atoms with Crippen LogP contribution in [0.15, 0.2) is 30.3 Å². The number of likely N-dealkylation sites (tertiary alicyclic amines) is 1. The highest BCUT2D eigenvalue weighted by atomic mass is 16.2. The number of benzene rings is 1. The van der Waals surface area contributed by atoms with Crippen LogP contribution in [0, 0.1) is 6.92 Å². The third-order valence-corrected chi connectivity index (χ3v) is 3.47. The Hall–Kier alpha value is -1.94. The second kappa shape index (κ2) is 4.03. The Bertz CT molecular complexity index is 655. The number of pyridine rings is 1. The van der Waals surface area contributed by atoms with Gasteiger partial charge in [0.1, 0.15) is 0 Å². The van der Waals surface area contributed by atoms with Gasteiger partial charge in [-0.25, -0.2) is 0 Å². The van der Waals surface area contributed by atoms with Crippen molar-refractivity contribution in [2.45, 2.75) is 19.4 Å². The van der Waals surface area contributed by atoms with Crippen molar-refractivity contribution in [2.24, 2.45) is 5.73 Å². The topological polar surface area (TPSA) is 59.2 Å². The number of fused-ring (bicyclic) bond motifs is 1. The zero-order chi connectivity index (χ0) is 13.6. The predicted octanol–water partition coefficient (Wildman–Crippen LogP) is 1.72. The maximum absolute atomic E-state index is 12.5. The van der Waals surface area contributed by atoms with E-state index in [1.165, 1.54) is 0 Å². The molecule has 1 fully saturated rings. The Morgan fingerprint density at radius 1 is 1.37 bits per heavy atom. The fraction of sp³-hybridized carbons (Fsp3) is 0.333. The van der Waals surface area contributed by atoms with E-state index in [0.29, 0.717) is 13.1 Å². The van der Waals surface area contributed by atoms with E-state index >= 15 is 0 Å². The van der Waals surface area contributed by atoms with Crippen molar-refractivity contribution in [1.82, 2.24) is 9.88 Å². The number of rotatable bonds is 1. The normalized spacial score (nSPS) is 17.3. The lowest BCUT2D eigenvalue weighted by atomic mass is 9.92. The van der Waals surface area contributed by atoms with Gasteiger partial charge >= 0.3 is 0 Å². The fourth-order valence-corrected chi connectivity index (χ4v) is 2.62. The molecule has 0 bridgehead atoms. The van der Waals surface area contributed by atoms with Crippen molar-refractivity contribution in [3.05, 3.63) is 41.6 Å². The lowest BCUT2D eigenvalue weighted by Gasteiger charge is -2.45. The first-order valence-corrected chi connectivity index (χ1v) is 6.41. The van der Waals surface area contributed by atoms with Gasteiger partial charge < -0.3 is 10.6 Å². The van der Waals surface area contributed by atoms with Gasteiger partial charge in [-0.1, -0.05) is 18.2 Å². The summed E-state index contributed by atoms with van der Waals surface area (Å²) in [7, 11) is 0. The Labute approximate surface area is 112 Å². The summed E-state index contributed by atoms with van der Waals surface area (Å²) in [4.78, 5) is 18.8. The molecule has 1 amide bonds. The molecule has 1 aliphatic rings. The minimum Gasteiger partial charge on any atom is -0.335 e. The smallest absolute Gasteiger partial charge is 0.254 e. The minimum absolute atomic E-state index is 0.0459. The second-order valence-corrected chi connectivity index (χ2v) is 5.64. The molecule has 3 rings (SSSR count). The number of carbonyl (C=O) groups excluding carboxylic acids is 1. The standard InChI is InChI=1S/C15H17N3O/c1-10-7-12(11-5-3-4-6-13(11)17-10)14(19)18-8-15(2,16)9-18/h3-7H,8-9,16H2,1-2H3. The summed E-state index contributed by atoms with van der Waals surface area (Å²) in [5, 5.41) is 0.906. The Kier molecular flexibility index (Phi) is 2.57. The van der Waals surface area contributed by atoms with Gasteiger partial charge in [0.25, 0.3) is 5.91 Å². The molecule has 2 aromatic rings. The maximum atomic E-state index is 12.5. The molecular weight excluding hydrogens is 238 g/mol. The van der Waals surface area contributed by atoms with E-state index in [9.17, 15) is 4.79 Å². The highest BCUT2D eigenvalue weighted by Gasteiger charge is 2.38. The lowest BCUT2D eigenvalue weighted by molar-refractivity contribution is 0.0455. The Morgan fingerprint density at radius 3 is 2.74 bits per heavy atom. The molecule has 0 saturated carbocycles. The highest BCUT2D eigenvalue weighted by molar-refractivity contribution is 6.06. The van der Waals surface area contributed by atoms with Gasteiger partial charge in [0, 0.05) is 29.7 Å². The summed E-state index contributed by atoms with van der Waals surface area (Å²) >= 11 is 0. The van der Waals surface area contributed by atoms with Crippen LogP contribution in [0.4, 0.5) is 0 Å². The molecule has 2 heterocycles. The van der Waals surface area contributed by atoms with E-state index in [0.717, 1.165) is 22.2 Å². The number of carbonyl (C=O) groups is 1. The van der Waals surface area contributed by atoms with E-state index in [4.69, 9.17) is 5.73 Å². The number of hydrogen-bond donors (Lipinski definition) is 1. The quantitative estimate of drug-likeness (QED) is 0.844. The number of nitrogens with zero attached hydrogens (tertiary/aromatic N) is 2. The van der Waals surface area contributed by atoms with E-state index < -0.39 is 0 Å². The van der Waals surface area contributed by atoms with Crippen LogP contribution in [0.3, 0.4) is 0 Å². The van der Waals surface area contributed by atoms with E-state index in [-0.39, 0.29) is 11.4 Å². The van der Waals surface area contributed by atoms with Crippen LogP contribution in [-0.4, -0.2) is 34.4 Å². The molecule has 0 aliphatic carbocycles. The summed E-state index contributed by atoms with van der Waals surface area (Å²) in [6.07, 6.45) is 0. The molecule has 4 heteroatoms. The largest absolute Gasteiger partial charge is 0.335 e. The second-order valence-electron chi connectivity index (χ2n) is 5.64. The number of para-hydroxylation sites is 1. The molecule has 0 unspecified atom stereocenters. The lowest BCUT2D eigenvalue weighted by Crippen LogP contribution is -2.66. The zero-order valence-corrected chi connectivity index (χ0v) is 11.2. The van der Waals surface area contributed by atoms with Crippen molar-refractivity contribution in [1.29, 1.82) is 0 Å². The average Bonchev–Trinajstić information content (AvgIpc) is 2.34. The van der Waals surface area contributed by atoms with Gasteiger partial charge in [-0.2, -0.15) is 0 Å². The van der Waals surface area contributed by atoms with Gasteiger partial charge in [-0.3, -0.25) is 9.78 Å². The number of aromatic nitrogens is 1. The molecular formula is C15H17N3O. The van der Waals surface area contributed by atoms with Crippen LogP contribution in [0.2, 0.25) is 0 Å². The Morgan fingerprint density at radius 2 is 2.05 bits per heavy atom. The number of hydrogen-bond acceptors (Lipinski definition) is 3. The molecule has 1 aliphatic heterocycles. The summed E-state index contributed by atoms with van der Waals surface area (Å²) < 4.78 is 0. The number of amides is 1. The first-order valence-electron chi connectivity index (χ1n) is 6.41. The maximum Gasteiger partial charge on any atom is 0.254 e. The average molecular weight is 255 g/mol. The predicted molar refractivity (Wildman–Crippen MR) is 75.0 cm³/mol. The summed E-state index contributed by atoms with van der Waals surface area (Å²) in [5.74, 6) is 0.0459. The van der Waals surface area contributed by atoms with Crippen molar-refractivity contribution in [3.8, 4) is 0 Å². The van der Waals surface area contributed by atoms with Crippen LogP contribution in [-0.2, 0) is 0 Å². The van der Waals surface area contributed by atoms with Gasteiger partial charge in [-0.15, -0.1) is 0 Å². The molecule has 0 spiro atoms. The highest BCUT2D eigenvalue weighted by Crippen LogP contribution is 2.24. The monoisotopic (exact) mass is 255 g/mol. The summed E-state index contributed by atoms with van der Waals surface area (Å²) in [5.41, 5.74) is 8.16. The molecule has 1 saturated heterocycles. The minimum atomic E-state index is -0.243. The van der Waals surface area contributed by atoms with Crippen molar-refractivity contribution in [2.75, 3.05) is 13.1 Å². The van der Waals surface area contributed by atoms with Crippen LogP contribution in [0.1, 0.15) is 23.0 Å². The number of nitrogens with two attached hydrogens (primary N) is 1. The molecule has 1 aromatic carbocycles. The molecule has 2 N–H and O–H groups in total. The molecule has 19 heavy (non-hydrogen) atoms. The van der Waals surface area contributed by atoms with Crippen LogP contribution >= 0.6 is 0 Å². The molecule has 0 atom stereocenters. The first-order chi connectivity index (χ1) is 8.96. The Balaban J connectivity index is 2.03. The number of aryl methyl sites for hydroxylation is 1. The van der Waals surface area contributed by atoms with E-state index in [1.807, 2.05) is 44.2 Å². The molecule has 0 radical (unpaired) electrons. The van der Waals surface area contributed by atoms with Crippen LogP contribution in [0.25, 0.3) is 10.9 Å². The van der Waals surface area contributed by atoms with Gasteiger partial charge in [0.15, 0.2) is 0 Å². The van der Waals surface area contributed by atoms with Crippen LogP contribution in [0.5, 0.6) is 0 Å².